The van der Waals surface area contributed by atoms with Gasteiger partial charge in [0.05, 0.1) is 22.1 Å². The number of thiophene rings is 1. The zero-order valence-electron chi connectivity index (χ0n) is 10.5. The Morgan fingerprint density at radius 1 is 1.40 bits per heavy atom. The maximum absolute atomic E-state index is 13.8. The Bertz CT molecular complexity index is 660. The minimum Gasteiger partial charge on any atom is -0.396 e. The Labute approximate surface area is 123 Å². The number of amides is 1. The van der Waals surface area contributed by atoms with Crippen LogP contribution >= 0.6 is 22.9 Å². The zero-order chi connectivity index (χ0) is 14.9. The highest BCUT2D eigenvalue weighted by atomic mass is 35.5. The molecule has 0 aliphatic carbocycles. The summed E-state index contributed by atoms with van der Waals surface area (Å²) in [4.78, 5) is 14.2. The number of anilines is 1. The van der Waals surface area contributed by atoms with Gasteiger partial charge in [-0.05, 0) is 24.3 Å². The Hall–Kier alpha value is -1.66. The maximum Gasteiger partial charge on any atom is 0.257 e. The predicted molar refractivity (Wildman–Crippen MR) is 75.9 cm³/mol. The number of rotatable bonds is 3. The van der Waals surface area contributed by atoms with Crippen LogP contribution in [0, 0.1) is 11.6 Å². The molecule has 0 unspecified atom stereocenters. The molecule has 1 aromatic heterocycles. The summed E-state index contributed by atoms with van der Waals surface area (Å²) in [5.74, 6) is -2.30. The highest BCUT2D eigenvalue weighted by Gasteiger charge is 2.20. The van der Waals surface area contributed by atoms with Crippen molar-refractivity contribution < 1.29 is 13.6 Å². The highest BCUT2D eigenvalue weighted by molar-refractivity contribution is 7.16. The van der Waals surface area contributed by atoms with Gasteiger partial charge in [0.25, 0.3) is 5.91 Å². The molecule has 0 atom stereocenters. The van der Waals surface area contributed by atoms with Gasteiger partial charge in [0.15, 0.2) is 5.82 Å². The summed E-state index contributed by atoms with van der Waals surface area (Å²) in [6, 6.07) is 5.16. The minimum absolute atomic E-state index is 0.256. The quantitative estimate of drug-likeness (QED) is 0.880. The average molecular weight is 317 g/mol. The largest absolute Gasteiger partial charge is 0.396 e. The van der Waals surface area contributed by atoms with Crippen molar-refractivity contribution in [1.82, 2.24) is 4.90 Å². The Morgan fingerprint density at radius 3 is 2.70 bits per heavy atom. The molecule has 0 spiro atoms. The fourth-order valence-corrected chi connectivity index (χ4v) is 2.85. The zero-order valence-corrected chi connectivity index (χ0v) is 12.1. The summed E-state index contributed by atoms with van der Waals surface area (Å²) in [6.45, 7) is 0.256. The van der Waals surface area contributed by atoms with E-state index in [1.807, 2.05) is 0 Å². The van der Waals surface area contributed by atoms with Gasteiger partial charge in [-0.3, -0.25) is 4.79 Å². The Morgan fingerprint density at radius 2 is 2.10 bits per heavy atom. The standard InChI is InChI=1S/C13H11ClF2N2OS/c1-18(6-8-2-3-11(14)20-8)13(19)9-4-7(15)5-10(17)12(9)16/h2-5H,6,17H2,1H3. The fourth-order valence-electron chi connectivity index (χ4n) is 1.71. The van der Waals surface area contributed by atoms with Crippen molar-refractivity contribution in [3.63, 3.8) is 0 Å². The summed E-state index contributed by atoms with van der Waals surface area (Å²) in [5.41, 5.74) is 4.54. The molecule has 7 heteroatoms. The molecule has 0 saturated carbocycles. The molecule has 106 valence electrons. The monoisotopic (exact) mass is 316 g/mol. The number of nitrogens with two attached hydrogens (primary N) is 1. The second-order valence-corrected chi connectivity index (χ2v) is 6.02. The van der Waals surface area contributed by atoms with Crippen LogP contribution in [0.25, 0.3) is 0 Å². The number of carbonyl (C=O) groups excluding carboxylic acids is 1. The molecule has 0 bridgehead atoms. The second kappa shape index (κ2) is 5.76. The molecule has 2 rings (SSSR count). The maximum atomic E-state index is 13.8. The number of hydrogen-bond acceptors (Lipinski definition) is 3. The molecule has 0 fully saturated rings. The van der Waals surface area contributed by atoms with Crippen molar-refractivity contribution in [3.8, 4) is 0 Å². The van der Waals surface area contributed by atoms with E-state index in [2.05, 4.69) is 0 Å². The molecule has 2 aromatic rings. The molecule has 0 aliphatic heterocycles. The van der Waals surface area contributed by atoms with Gasteiger partial charge in [0.2, 0.25) is 0 Å². The number of nitrogens with zero attached hydrogens (tertiary/aromatic N) is 1. The van der Waals surface area contributed by atoms with Crippen LogP contribution in [0.5, 0.6) is 0 Å². The lowest BCUT2D eigenvalue weighted by atomic mass is 10.1. The van der Waals surface area contributed by atoms with E-state index in [9.17, 15) is 13.6 Å². The molecule has 0 aliphatic rings. The van der Waals surface area contributed by atoms with Crippen molar-refractivity contribution in [2.75, 3.05) is 12.8 Å². The summed E-state index contributed by atoms with van der Waals surface area (Å²) < 4.78 is 27.6. The normalized spacial score (nSPS) is 10.6. The number of halogens is 3. The van der Waals surface area contributed by atoms with Crippen LogP contribution in [0.4, 0.5) is 14.5 Å². The summed E-state index contributed by atoms with van der Waals surface area (Å²) in [6.07, 6.45) is 0. The van der Waals surface area contributed by atoms with Gasteiger partial charge in [0, 0.05) is 11.9 Å². The Balaban J connectivity index is 2.22. The Kier molecular flexibility index (Phi) is 4.25. The molecule has 20 heavy (non-hydrogen) atoms. The fraction of sp³-hybridized carbons (Fsp3) is 0.154. The van der Waals surface area contributed by atoms with E-state index in [1.165, 1.54) is 23.3 Å². The lowest BCUT2D eigenvalue weighted by Gasteiger charge is -2.17. The van der Waals surface area contributed by atoms with Crippen LogP contribution < -0.4 is 5.73 Å². The lowest BCUT2D eigenvalue weighted by Crippen LogP contribution is -2.27. The van der Waals surface area contributed by atoms with Crippen molar-refractivity contribution in [3.05, 3.63) is 50.7 Å². The van der Waals surface area contributed by atoms with Crippen LogP contribution in [0.15, 0.2) is 24.3 Å². The van der Waals surface area contributed by atoms with Crippen LogP contribution in [0.3, 0.4) is 0 Å². The topological polar surface area (TPSA) is 46.3 Å². The average Bonchev–Trinajstić information content (AvgIpc) is 2.78. The number of nitrogen functional groups attached to an aromatic ring is 1. The van der Waals surface area contributed by atoms with Gasteiger partial charge in [-0.2, -0.15) is 0 Å². The second-order valence-electron chi connectivity index (χ2n) is 4.22. The van der Waals surface area contributed by atoms with Gasteiger partial charge in [-0.15, -0.1) is 11.3 Å². The van der Waals surface area contributed by atoms with Crippen LogP contribution in [-0.2, 0) is 6.54 Å². The van der Waals surface area contributed by atoms with Crippen LogP contribution in [0.2, 0.25) is 4.34 Å². The van der Waals surface area contributed by atoms with Crippen molar-refractivity contribution in [2.24, 2.45) is 0 Å². The summed E-state index contributed by atoms with van der Waals surface area (Å²) in [7, 11) is 1.50. The van der Waals surface area contributed by atoms with Crippen LogP contribution in [0.1, 0.15) is 15.2 Å². The first-order chi connectivity index (χ1) is 9.38. The van der Waals surface area contributed by atoms with Crippen molar-refractivity contribution in [2.45, 2.75) is 6.54 Å². The third-order valence-corrected chi connectivity index (χ3v) is 3.88. The van der Waals surface area contributed by atoms with Crippen LogP contribution in [-0.4, -0.2) is 17.9 Å². The van der Waals surface area contributed by atoms with Gasteiger partial charge in [-0.25, -0.2) is 8.78 Å². The number of carbonyl (C=O) groups is 1. The smallest absolute Gasteiger partial charge is 0.257 e. The SMILES string of the molecule is CN(Cc1ccc(Cl)s1)C(=O)c1cc(F)cc(N)c1F. The van der Waals surface area contributed by atoms with Gasteiger partial charge >= 0.3 is 0 Å². The molecular formula is C13H11ClF2N2OS. The molecule has 3 nitrogen and oxygen atoms in total. The van der Waals surface area contributed by atoms with E-state index in [0.29, 0.717) is 4.34 Å². The van der Waals surface area contributed by atoms with Gasteiger partial charge < -0.3 is 10.6 Å². The highest BCUT2D eigenvalue weighted by Crippen LogP contribution is 2.24. The summed E-state index contributed by atoms with van der Waals surface area (Å²) in [5, 5.41) is 0. The first-order valence-electron chi connectivity index (χ1n) is 5.62. The van der Waals surface area contributed by atoms with Crippen molar-refractivity contribution in [1.29, 1.82) is 0 Å². The molecule has 2 N–H and O–H groups in total. The first kappa shape index (κ1) is 14.7. The van der Waals surface area contributed by atoms with Gasteiger partial charge in [-0.1, -0.05) is 11.6 Å². The molecule has 1 heterocycles. The molecule has 1 amide bonds. The molecule has 1 aromatic carbocycles. The van der Waals surface area contributed by atoms with Crippen molar-refractivity contribution >= 4 is 34.5 Å². The summed E-state index contributed by atoms with van der Waals surface area (Å²) >= 11 is 7.11. The van der Waals surface area contributed by atoms with E-state index in [-0.39, 0.29) is 17.8 Å². The first-order valence-corrected chi connectivity index (χ1v) is 6.82. The number of benzene rings is 1. The van der Waals surface area contributed by atoms with E-state index in [4.69, 9.17) is 17.3 Å². The van der Waals surface area contributed by atoms with E-state index < -0.39 is 17.5 Å². The molecular weight excluding hydrogens is 306 g/mol. The molecule has 0 radical (unpaired) electrons. The minimum atomic E-state index is -0.910. The van der Waals surface area contributed by atoms with Gasteiger partial charge in [0.1, 0.15) is 5.82 Å². The molecule has 0 saturated heterocycles. The third kappa shape index (κ3) is 3.08. The lowest BCUT2D eigenvalue weighted by molar-refractivity contribution is 0.0781. The van der Waals surface area contributed by atoms with E-state index in [0.717, 1.165) is 17.0 Å². The van der Waals surface area contributed by atoms with E-state index in [1.54, 1.807) is 12.1 Å². The number of hydrogen-bond donors (Lipinski definition) is 1. The third-order valence-electron chi connectivity index (χ3n) is 2.66. The van der Waals surface area contributed by atoms with E-state index >= 15 is 0 Å². The predicted octanol–water partition coefficient (Wildman–Crippen LogP) is 3.53.